The van der Waals surface area contributed by atoms with Crippen molar-refractivity contribution in [1.29, 1.82) is 0 Å². The Balaban J connectivity index is 1.40. The van der Waals surface area contributed by atoms with E-state index in [1.807, 2.05) is 36.7 Å². The molecule has 4 rings (SSSR count). The molecule has 0 aliphatic heterocycles. The number of benzene rings is 1. The number of carbonyl (C=O) groups is 1. The monoisotopic (exact) mass is 335 g/mol. The maximum atomic E-state index is 12.4. The van der Waals surface area contributed by atoms with Gasteiger partial charge >= 0.3 is 0 Å². The maximum absolute atomic E-state index is 12.4. The number of nitrogens with zero attached hydrogens (tertiary/aromatic N) is 2. The highest BCUT2D eigenvalue weighted by Crippen LogP contribution is 2.24. The summed E-state index contributed by atoms with van der Waals surface area (Å²) in [7, 11) is 0. The van der Waals surface area contributed by atoms with Crippen molar-refractivity contribution in [3.63, 3.8) is 0 Å². The van der Waals surface area contributed by atoms with Crippen LogP contribution in [0.15, 0.2) is 36.7 Å². The molecule has 1 atom stereocenters. The van der Waals surface area contributed by atoms with E-state index in [4.69, 9.17) is 5.73 Å². The van der Waals surface area contributed by atoms with Gasteiger partial charge < -0.3 is 11.1 Å². The number of hydrogen-bond acceptors (Lipinski definition) is 4. The number of nitrogens with two attached hydrogens (primary N) is 1. The summed E-state index contributed by atoms with van der Waals surface area (Å²) in [5, 5.41) is 11.2. The lowest BCUT2D eigenvalue weighted by Gasteiger charge is -2.13. The molecule has 1 aromatic carbocycles. The van der Waals surface area contributed by atoms with Crippen LogP contribution in [0, 0.1) is 0 Å². The van der Waals surface area contributed by atoms with Gasteiger partial charge in [-0.05, 0) is 42.0 Å². The molecule has 2 heterocycles. The zero-order valence-corrected chi connectivity index (χ0v) is 14.0. The van der Waals surface area contributed by atoms with Crippen molar-refractivity contribution in [2.75, 3.05) is 0 Å². The van der Waals surface area contributed by atoms with Crippen LogP contribution in [0.2, 0.25) is 0 Å². The number of carbonyl (C=O) groups excluding carboxylic acids is 1. The van der Waals surface area contributed by atoms with E-state index in [1.54, 1.807) is 0 Å². The molecule has 0 saturated heterocycles. The van der Waals surface area contributed by atoms with Crippen LogP contribution in [0.1, 0.15) is 28.8 Å². The number of hydrogen-bond donors (Lipinski definition) is 3. The maximum Gasteiger partial charge on any atom is 0.237 e. The van der Waals surface area contributed by atoms with Gasteiger partial charge in [-0.15, -0.1) is 0 Å². The number of para-hydroxylation sites is 1. The molecule has 25 heavy (non-hydrogen) atoms. The molecule has 0 spiro atoms. The first kappa shape index (κ1) is 15.8. The summed E-state index contributed by atoms with van der Waals surface area (Å²) < 4.78 is 0. The molecule has 1 aliphatic carbocycles. The Morgan fingerprint density at radius 3 is 3.08 bits per heavy atom. The second kappa shape index (κ2) is 6.64. The summed E-state index contributed by atoms with van der Waals surface area (Å²) >= 11 is 0. The highest BCUT2D eigenvalue weighted by atomic mass is 16.2. The molecule has 128 valence electrons. The second-order valence-electron chi connectivity index (χ2n) is 6.54. The Morgan fingerprint density at radius 1 is 1.28 bits per heavy atom. The summed E-state index contributed by atoms with van der Waals surface area (Å²) in [6.07, 6.45) is 7.51. The van der Waals surface area contributed by atoms with E-state index in [2.05, 4.69) is 20.5 Å². The van der Waals surface area contributed by atoms with E-state index in [9.17, 15) is 4.79 Å². The Kier molecular flexibility index (Phi) is 4.19. The molecule has 0 bridgehead atoms. The van der Waals surface area contributed by atoms with Gasteiger partial charge in [0.1, 0.15) is 0 Å². The zero-order valence-electron chi connectivity index (χ0n) is 14.0. The number of pyridine rings is 1. The number of aromatic nitrogens is 3. The van der Waals surface area contributed by atoms with Crippen molar-refractivity contribution in [3.8, 4) is 0 Å². The van der Waals surface area contributed by atoms with Crippen LogP contribution < -0.4 is 11.1 Å². The summed E-state index contributed by atoms with van der Waals surface area (Å²) in [4.78, 5) is 16.7. The predicted molar refractivity (Wildman–Crippen MR) is 95.9 cm³/mol. The van der Waals surface area contributed by atoms with E-state index in [0.717, 1.165) is 41.4 Å². The van der Waals surface area contributed by atoms with E-state index in [-0.39, 0.29) is 5.91 Å². The van der Waals surface area contributed by atoms with E-state index in [1.165, 1.54) is 11.1 Å². The van der Waals surface area contributed by atoms with E-state index < -0.39 is 6.04 Å². The molecular weight excluding hydrogens is 314 g/mol. The van der Waals surface area contributed by atoms with Gasteiger partial charge in [0, 0.05) is 36.4 Å². The topological polar surface area (TPSA) is 96.7 Å². The molecule has 2 aromatic heterocycles. The molecular formula is C19H21N5O. The zero-order chi connectivity index (χ0) is 17.2. The summed E-state index contributed by atoms with van der Waals surface area (Å²) in [5.41, 5.74) is 11.6. The number of amides is 1. The summed E-state index contributed by atoms with van der Waals surface area (Å²) in [6.45, 7) is 0.479. The van der Waals surface area contributed by atoms with Crippen LogP contribution in [0.3, 0.4) is 0 Å². The van der Waals surface area contributed by atoms with Crippen LogP contribution in [0.25, 0.3) is 10.9 Å². The first-order chi connectivity index (χ1) is 12.2. The fourth-order valence-corrected chi connectivity index (χ4v) is 3.52. The lowest BCUT2D eigenvalue weighted by Crippen LogP contribution is -2.41. The molecule has 1 unspecified atom stereocenters. The molecule has 6 heteroatoms. The smallest absolute Gasteiger partial charge is 0.237 e. The quantitative estimate of drug-likeness (QED) is 0.660. The number of nitrogens with one attached hydrogen (secondary N) is 2. The second-order valence-corrected chi connectivity index (χ2v) is 6.54. The number of H-pyrrole nitrogens is 1. The molecule has 3 aromatic rings. The van der Waals surface area contributed by atoms with Gasteiger partial charge in [-0.1, -0.05) is 18.2 Å². The number of aryl methyl sites for hydroxylation is 1. The van der Waals surface area contributed by atoms with Crippen molar-refractivity contribution in [2.45, 2.75) is 38.3 Å². The third-order valence-electron chi connectivity index (χ3n) is 4.86. The molecule has 0 saturated carbocycles. The SMILES string of the molecule is NC(Cc1[nH]nc2ccccc12)C(=O)NCc1cncc2c1CCC2. The Labute approximate surface area is 145 Å². The van der Waals surface area contributed by atoms with Crippen LogP contribution in [-0.4, -0.2) is 27.1 Å². The predicted octanol–water partition coefficient (Wildman–Crippen LogP) is 1.63. The van der Waals surface area contributed by atoms with E-state index in [0.29, 0.717) is 13.0 Å². The van der Waals surface area contributed by atoms with Gasteiger partial charge in [0.05, 0.1) is 11.6 Å². The van der Waals surface area contributed by atoms with Crippen LogP contribution in [0.4, 0.5) is 0 Å². The number of fused-ring (bicyclic) bond motifs is 2. The van der Waals surface area contributed by atoms with Gasteiger partial charge in [-0.2, -0.15) is 5.10 Å². The Morgan fingerprint density at radius 2 is 2.16 bits per heavy atom. The minimum absolute atomic E-state index is 0.158. The minimum atomic E-state index is -0.617. The van der Waals surface area contributed by atoms with Crippen LogP contribution >= 0.6 is 0 Å². The molecule has 6 nitrogen and oxygen atoms in total. The lowest BCUT2D eigenvalue weighted by molar-refractivity contribution is -0.122. The lowest BCUT2D eigenvalue weighted by atomic mass is 10.1. The van der Waals surface area contributed by atoms with E-state index >= 15 is 0 Å². The first-order valence-electron chi connectivity index (χ1n) is 8.62. The van der Waals surface area contributed by atoms with Gasteiger partial charge in [0.25, 0.3) is 0 Å². The highest BCUT2D eigenvalue weighted by molar-refractivity contribution is 5.84. The molecule has 0 fully saturated rings. The van der Waals surface area contributed by atoms with Crippen LogP contribution in [0.5, 0.6) is 0 Å². The first-order valence-corrected chi connectivity index (χ1v) is 8.62. The average Bonchev–Trinajstić information content (AvgIpc) is 3.27. The van der Waals surface area contributed by atoms with Crippen molar-refractivity contribution in [1.82, 2.24) is 20.5 Å². The van der Waals surface area contributed by atoms with Gasteiger partial charge in [0.2, 0.25) is 5.91 Å². The van der Waals surface area contributed by atoms with Crippen molar-refractivity contribution < 1.29 is 4.79 Å². The third-order valence-corrected chi connectivity index (χ3v) is 4.86. The fraction of sp³-hybridized carbons (Fsp3) is 0.316. The fourth-order valence-electron chi connectivity index (χ4n) is 3.52. The van der Waals surface area contributed by atoms with Crippen molar-refractivity contribution in [3.05, 3.63) is 59.0 Å². The van der Waals surface area contributed by atoms with Crippen molar-refractivity contribution in [2.24, 2.45) is 5.73 Å². The van der Waals surface area contributed by atoms with Crippen LogP contribution in [-0.2, 0) is 30.6 Å². The third kappa shape index (κ3) is 3.13. The Hall–Kier alpha value is -2.73. The van der Waals surface area contributed by atoms with Gasteiger partial charge in [-0.25, -0.2) is 0 Å². The number of aromatic amines is 1. The molecule has 1 amide bonds. The number of rotatable bonds is 5. The summed E-state index contributed by atoms with van der Waals surface area (Å²) in [5.74, 6) is -0.158. The molecule has 4 N–H and O–H groups in total. The minimum Gasteiger partial charge on any atom is -0.351 e. The largest absolute Gasteiger partial charge is 0.351 e. The highest BCUT2D eigenvalue weighted by Gasteiger charge is 2.19. The van der Waals surface area contributed by atoms with Crippen molar-refractivity contribution >= 4 is 16.8 Å². The standard InChI is InChI=1S/C19H21N5O/c20-16(8-18-15-5-1-2-7-17(15)23-24-18)19(25)22-11-13-10-21-9-12-4-3-6-14(12)13/h1-2,5,7,9-10,16H,3-4,6,8,11,20H2,(H,22,25)(H,23,24). The molecule has 0 radical (unpaired) electrons. The van der Waals surface area contributed by atoms with Gasteiger partial charge in [0.15, 0.2) is 0 Å². The van der Waals surface area contributed by atoms with Gasteiger partial charge in [-0.3, -0.25) is 14.9 Å². The molecule has 1 aliphatic rings. The normalized spacial score (nSPS) is 14.4. The average molecular weight is 335 g/mol. The summed E-state index contributed by atoms with van der Waals surface area (Å²) in [6, 6.07) is 7.19. The Bertz CT molecular complexity index is 917.